The molecule has 4 N–H and O–H groups in total. The topological polar surface area (TPSA) is 81.6 Å². The first-order valence-electron chi connectivity index (χ1n) is 6.99. The molecule has 1 aromatic rings. The second kappa shape index (κ2) is 6.87. The third kappa shape index (κ3) is 3.92. The van der Waals surface area contributed by atoms with E-state index in [1.54, 1.807) is 7.11 Å². The maximum Gasteiger partial charge on any atom is 0.220 e. The quantitative estimate of drug-likeness (QED) is 0.794. The summed E-state index contributed by atoms with van der Waals surface area (Å²) in [6.07, 6.45) is 1.62. The van der Waals surface area contributed by atoms with Crippen molar-refractivity contribution in [2.75, 3.05) is 20.2 Å². The molecule has 0 radical (unpaired) electrons. The van der Waals surface area contributed by atoms with Gasteiger partial charge in [-0.2, -0.15) is 0 Å². The molecule has 114 valence electrons. The summed E-state index contributed by atoms with van der Waals surface area (Å²) < 4.78 is 5.40. The van der Waals surface area contributed by atoms with Crippen LogP contribution in [0.2, 0.25) is 0 Å². The summed E-state index contributed by atoms with van der Waals surface area (Å²) in [5.41, 5.74) is 12.9. The molecule has 1 aliphatic rings. The van der Waals surface area contributed by atoms with E-state index in [0.29, 0.717) is 4.99 Å². The van der Waals surface area contributed by atoms with Gasteiger partial charge in [0.2, 0.25) is 5.91 Å². The van der Waals surface area contributed by atoms with Crippen LogP contribution in [0.25, 0.3) is 0 Å². The van der Waals surface area contributed by atoms with Gasteiger partial charge in [-0.3, -0.25) is 9.69 Å². The Morgan fingerprint density at radius 1 is 1.38 bits per heavy atom. The van der Waals surface area contributed by atoms with E-state index in [-0.39, 0.29) is 11.8 Å². The zero-order chi connectivity index (χ0) is 15.4. The van der Waals surface area contributed by atoms with Gasteiger partial charge < -0.3 is 16.2 Å². The number of methoxy groups -OCH3 is 1. The average Bonchev–Trinajstić information content (AvgIpc) is 2.47. The molecule has 1 amide bonds. The highest BCUT2D eigenvalue weighted by Crippen LogP contribution is 2.24. The number of benzene rings is 1. The van der Waals surface area contributed by atoms with Gasteiger partial charge in [-0.05, 0) is 44.1 Å². The zero-order valence-corrected chi connectivity index (χ0v) is 13.0. The van der Waals surface area contributed by atoms with Crippen molar-refractivity contribution in [3.63, 3.8) is 0 Å². The first-order chi connectivity index (χ1) is 10.0. The number of hydrogen-bond donors (Lipinski definition) is 2. The lowest BCUT2D eigenvalue weighted by Crippen LogP contribution is -2.38. The molecule has 1 aromatic carbocycles. The number of nitrogens with zero attached hydrogens (tertiary/aromatic N) is 1. The third-order valence-electron chi connectivity index (χ3n) is 3.95. The van der Waals surface area contributed by atoms with E-state index in [2.05, 4.69) is 4.90 Å². The molecule has 2 rings (SSSR count). The summed E-state index contributed by atoms with van der Waals surface area (Å²) in [6.45, 7) is 2.47. The van der Waals surface area contributed by atoms with Crippen molar-refractivity contribution in [3.05, 3.63) is 29.3 Å². The standard InChI is InChI=1S/C15H21N3O2S/c1-20-13-3-2-11(15(17)21)8-12(13)9-18-6-4-10(5-7-18)14(16)19/h2-3,8,10H,4-7,9H2,1H3,(H2,16,19)(H2,17,21). The van der Waals surface area contributed by atoms with E-state index in [1.807, 2.05) is 18.2 Å². The van der Waals surface area contributed by atoms with E-state index in [4.69, 9.17) is 28.4 Å². The minimum absolute atomic E-state index is 0.00565. The van der Waals surface area contributed by atoms with E-state index in [1.165, 1.54) is 0 Å². The Balaban J connectivity index is 2.07. The van der Waals surface area contributed by atoms with Crippen molar-refractivity contribution in [1.29, 1.82) is 0 Å². The Bertz CT molecular complexity index is 540. The van der Waals surface area contributed by atoms with E-state index in [9.17, 15) is 4.79 Å². The molecule has 0 saturated carbocycles. The number of carbonyl (C=O) groups is 1. The molecule has 0 aromatic heterocycles. The number of likely N-dealkylation sites (tertiary alicyclic amines) is 1. The van der Waals surface area contributed by atoms with E-state index in [0.717, 1.165) is 49.4 Å². The van der Waals surface area contributed by atoms with Crippen LogP contribution >= 0.6 is 12.2 Å². The van der Waals surface area contributed by atoms with Crippen LogP contribution < -0.4 is 16.2 Å². The molecule has 0 spiro atoms. The highest BCUT2D eigenvalue weighted by atomic mass is 32.1. The molecule has 6 heteroatoms. The number of amides is 1. The Hall–Kier alpha value is -1.66. The SMILES string of the molecule is COc1ccc(C(N)=S)cc1CN1CCC(C(N)=O)CC1. The van der Waals surface area contributed by atoms with Gasteiger partial charge in [0.1, 0.15) is 10.7 Å². The van der Waals surface area contributed by atoms with Gasteiger partial charge in [-0.25, -0.2) is 0 Å². The maximum atomic E-state index is 11.2. The lowest BCUT2D eigenvalue weighted by atomic mass is 9.96. The second-order valence-corrected chi connectivity index (χ2v) is 5.78. The monoisotopic (exact) mass is 307 g/mol. The molecular formula is C15H21N3O2S. The van der Waals surface area contributed by atoms with Gasteiger partial charge in [-0.15, -0.1) is 0 Å². The summed E-state index contributed by atoms with van der Waals surface area (Å²) in [7, 11) is 1.65. The van der Waals surface area contributed by atoms with Crippen molar-refractivity contribution in [2.24, 2.45) is 17.4 Å². The number of piperidine rings is 1. The lowest BCUT2D eigenvalue weighted by Gasteiger charge is -2.30. The molecule has 0 aliphatic carbocycles. The predicted octanol–water partition coefficient (Wildman–Crippen LogP) is 1.03. The fraction of sp³-hybridized carbons (Fsp3) is 0.467. The van der Waals surface area contributed by atoms with Crippen LogP contribution in [0, 0.1) is 5.92 Å². The Labute approximate surface area is 130 Å². The van der Waals surface area contributed by atoms with Gasteiger partial charge >= 0.3 is 0 Å². The van der Waals surface area contributed by atoms with Gasteiger partial charge in [0.05, 0.1) is 7.11 Å². The van der Waals surface area contributed by atoms with Crippen LogP contribution in [-0.4, -0.2) is 36.0 Å². The molecule has 0 atom stereocenters. The molecule has 1 aliphatic heterocycles. The number of ether oxygens (including phenoxy) is 1. The average molecular weight is 307 g/mol. The normalized spacial score (nSPS) is 16.6. The number of thiocarbonyl (C=S) groups is 1. The number of primary amides is 1. The first-order valence-corrected chi connectivity index (χ1v) is 7.40. The molecule has 21 heavy (non-hydrogen) atoms. The molecule has 1 heterocycles. The molecule has 0 unspecified atom stereocenters. The van der Waals surface area contributed by atoms with E-state index < -0.39 is 0 Å². The number of carbonyl (C=O) groups excluding carboxylic acids is 1. The van der Waals surface area contributed by atoms with Crippen molar-refractivity contribution >= 4 is 23.1 Å². The number of hydrogen-bond acceptors (Lipinski definition) is 4. The van der Waals surface area contributed by atoms with Crippen molar-refractivity contribution in [1.82, 2.24) is 4.90 Å². The minimum atomic E-state index is -0.192. The van der Waals surface area contributed by atoms with Crippen molar-refractivity contribution in [2.45, 2.75) is 19.4 Å². The smallest absolute Gasteiger partial charge is 0.220 e. The Morgan fingerprint density at radius 3 is 2.57 bits per heavy atom. The number of rotatable bonds is 5. The van der Waals surface area contributed by atoms with Crippen LogP contribution in [0.15, 0.2) is 18.2 Å². The van der Waals surface area contributed by atoms with Crippen LogP contribution in [0.5, 0.6) is 5.75 Å². The highest BCUT2D eigenvalue weighted by Gasteiger charge is 2.23. The minimum Gasteiger partial charge on any atom is -0.496 e. The third-order valence-corrected chi connectivity index (χ3v) is 4.18. The fourth-order valence-corrected chi connectivity index (χ4v) is 2.80. The van der Waals surface area contributed by atoms with Gasteiger partial charge in [0.25, 0.3) is 0 Å². The summed E-state index contributed by atoms with van der Waals surface area (Å²) in [4.78, 5) is 13.9. The summed E-state index contributed by atoms with van der Waals surface area (Å²) in [5, 5.41) is 0. The van der Waals surface area contributed by atoms with Gasteiger partial charge in [-0.1, -0.05) is 12.2 Å². The van der Waals surface area contributed by atoms with Crippen LogP contribution in [0.3, 0.4) is 0 Å². The number of nitrogens with two attached hydrogens (primary N) is 2. The zero-order valence-electron chi connectivity index (χ0n) is 12.2. The summed E-state index contributed by atoms with van der Waals surface area (Å²) >= 11 is 5.02. The lowest BCUT2D eigenvalue weighted by molar-refractivity contribution is -0.123. The molecular weight excluding hydrogens is 286 g/mol. The maximum absolute atomic E-state index is 11.2. The second-order valence-electron chi connectivity index (χ2n) is 5.34. The molecule has 1 fully saturated rings. The van der Waals surface area contributed by atoms with Crippen LogP contribution in [0.4, 0.5) is 0 Å². The molecule has 1 saturated heterocycles. The van der Waals surface area contributed by atoms with Crippen LogP contribution in [-0.2, 0) is 11.3 Å². The molecule has 0 bridgehead atoms. The first kappa shape index (κ1) is 15.7. The summed E-state index contributed by atoms with van der Waals surface area (Å²) in [5.74, 6) is 0.640. The van der Waals surface area contributed by atoms with Gasteiger partial charge in [0, 0.05) is 23.6 Å². The van der Waals surface area contributed by atoms with E-state index >= 15 is 0 Å². The summed E-state index contributed by atoms with van der Waals surface area (Å²) in [6, 6.07) is 5.73. The van der Waals surface area contributed by atoms with Crippen molar-refractivity contribution in [3.8, 4) is 5.75 Å². The Kier molecular flexibility index (Phi) is 5.14. The Morgan fingerprint density at radius 2 is 2.05 bits per heavy atom. The van der Waals surface area contributed by atoms with Gasteiger partial charge in [0.15, 0.2) is 0 Å². The van der Waals surface area contributed by atoms with Crippen molar-refractivity contribution < 1.29 is 9.53 Å². The largest absolute Gasteiger partial charge is 0.496 e. The molecule has 5 nitrogen and oxygen atoms in total. The highest BCUT2D eigenvalue weighted by molar-refractivity contribution is 7.80. The fourth-order valence-electron chi connectivity index (χ4n) is 2.67. The van der Waals surface area contributed by atoms with Crippen LogP contribution in [0.1, 0.15) is 24.0 Å². The predicted molar refractivity (Wildman–Crippen MR) is 86.1 cm³/mol.